The third kappa shape index (κ3) is 3.83. The quantitative estimate of drug-likeness (QED) is 0.888. The first-order chi connectivity index (χ1) is 11.7. The molecule has 2 aromatic rings. The van der Waals surface area contributed by atoms with Gasteiger partial charge in [-0.3, -0.25) is 9.48 Å². The van der Waals surface area contributed by atoms with E-state index in [0.29, 0.717) is 6.54 Å². The van der Waals surface area contributed by atoms with E-state index in [-0.39, 0.29) is 17.2 Å². The highest BCUT2D eigenvalue weighted by Crippen LogP contribution is 2.38. The van der Waals surface area contributed by atoms with Crippen molar-refractivity contribution in [1.82, 2.24) is 20.1 Å². The molecule has 1 N–H and O–H groups in total. The number of carbonyl (C=O) groups is 1. The molecule has 1 atom stereocenters. The lowest BCUT2D eigenvalue weighted by Gasteiger charge is -2.38. The van der Waals surface area contributed by atoms with E-state index in [2.05, 4.69) is 45.7 Å². The molecule has 0 aliphatic heterocycles. The Morgan fingerprint density at radius 3 is 2.67 bits per heavy atom. The Balaban J connectivity index is 1.64. The van der Waals surface area contributed by atoms with Crippen LogP contribution in [0.25, 0.3) is 0 Å². The number of benzene rings is 1. The molecule has 24 heavy (non-hydrogen) atoms. The Morgan fingerprint density at radius 1 is 1.25 bits per heavy atom. The minimum atomic E-state index is -0.122. The predicted octanol–water partition coefficient (Wildman–Crippen LogP) is 2.93. The first-order valence-corrected chi connectivity index (χ1v) is 8.85. The minimum absolute atomic E-state index is 0.0855. The van der Waals surface area contributed by atoms with Gasteiger partial charge in [0.1, 0.15) is 12.7 Å². The van der Waals surface area contributed by atoms with Crippen LogP contribution in [0.15, 0.2) is 43.0 Å². The summed E-state index contributed by atoms with van der Waals surface area (Å²) in [7, 11) is 0. The molecule has 0 saturated heterocycles. The summed E-state index contributed by atoms with van der Waals surface area (Å²) >= 11 is 0. The Morgan fingerprint density at radius 2 is 2.00 bits per heavy atom. The molecular formula is C19H26N4O. The van der Waals surface area contributed by atoms with Gasteiger partial charge in [-0.15, -0.1) is 0 Å². The Hall–Kier alpha value is -2.17. The second-order valence-electron chi connectivity index (χ2n) is 6.94. The maximum Gasteiger partial charge on any atom is 0.224 e. The maximum atomic E-state index is 12.5. The molecule has 1 unspecified atom stereocenters. The molecule has 3 rings (SSSR count). The maximum absolute atomic E-state index is 12.5. The van der Waals surface area contributed by atoms with E-state index in [1.807, 2.05) is 6.92 Å². The topological polar surface area (TPSA) is 59.8 Å². The van der Waals surface area contributed by atoms with Gasteiger partial charge in [0.25, 0.3) is 0 Å². The zero-order chi connectivity index (χ0) is 16.8. The van der Waals surface area contributed by atoms with Crippen molar-refractivity contribution in [2.24, 2.45) is 5.92 Å². The smallest absolute Gasteiger partial charge is 0.224 e. The first-order valence-electron chi connectivity index (χ1n) is 8.85. The zero-order valence-corrected chi connectivity index (χ0v) is 14.3. The van der Waals surface area contributed by atoms with E-state index >= 15 is 0 Å². The molecule has 0 spiro atoms. The number of carbonyl (C=O) groups excluding carboxylic acids is 1. The monoisotopic (exact) mass is 326 g/mol. The van der Waals surface area contributed by atoms with E-state index in [0.717, 1.165) is 19.4 Å². The fourth-order valence-corrected chi connectivity index (χ4v) is 3.71. The molecule has 0 radical (unpaired) electrons. The number of hydrogen-bond acceptors (Lipinski definition) is 3. The lowest BCUT2D eigenvalue weighted by molar-refractivity contribution is -0.125. The first kappa shape index (κ1) is 16.7. The van der Waals surface area contributed by atoms with Crippen molar-refractivity contribution < 1.29 is 4.79 Å². The molecule has 1 heterocycles. The summed E-state index contributed by atoms with van der Waals surface area (Å²) in [6.45, 7) is 3.22. The summed E-state index contributed by atoms with van der Waals surface area (Å²) in [6.07, 6.45) is 9.21. The SMILES string of the molecule is CC(Cn1cncn1)C(=O)NCC1(c2ccccc2)CCCCC1. The van der Waals surface area contributed by atoms with Crippen LogP contribution in [-0.4, -0.2) is 27.2 Å². The van der Waals surface area contributed by atoms with E-state index in [9.17, 15) is 4.79 Å². The molecule has 5 nitrogen and oxygen atoms in total. The van der Waals surface area contributed by atoms with Crippen LogP contribution in [0.1, 0.15) is 44.6 Å². The van der Waals surface area contributed by atoms with Gasteiger partial charge in [-0.25, -0.2) is 4.98 Å². The third-order valence-electron chi connectivity index (χ3n) is 5.17. The molecule has 1 fully saturated rings. The number of amides is 1. The Kier molecular flexibility index (Phi) is 5.28. The highest BCUT2D eigenvalue weighted by Gasteiger charge is 2.34. The number of aromatic nitrogens is 3. The van der Waals surface area contributed by atoms with Crippen LogP contribution in [0.2, 0.25) is 0 Å². The van der Waals surface area contributed by atoms with Crippen LogP contribution in [0, 0.1) is 5.92 Å². The number of nitrogens with one attached hydrogen (secondary N) is 1. The van der Waals surface area contributed by atoms with Crippen molar-refractivity contribution in [3.63, 3.8) is 0 Å². The average molecular weight is 326 g/mol. The van der Waals surface area contributed by atoms with Crippen LogP contribution in [0.5, 0.6) is 0 Å². The normalized spacial score (nSPS) is 18.0. The molecule has 128 valence electrons. The van der Waals surface area contributed by atoms with Gasteiger partial charge in [0, 0.05) is 12.0 Å². The number of nitrogens with zero attached hydrogens (tertiary/aromatic N) is 3. The van der Waals surface area contributed by atoms with Gasteiger partial charge in [-0.1, -0.05) is 56.5 Å². The summed E-state index contributed by atoms with van der Waals surface area (Å²) in [6, 6.07) is 10.7. The lowest BCUT2D eigenvalue weighted by Crippen LogP contribution is -2.44. The van der Waals surface area contributed by atoms with Crippen LogP contribution in [-0.2, 0) is 16.8 Å². The summed E-state index contributed by atoms with van der Waals surface area (Å²) in [5, 5.41) is 7.28. The Labute approximate surface area is 143 Å². The Bertz CT molecular complexity index is 633. The van der Waals surface area contributed by atoms with Gasteiger partial charge in [0.2, 0.25) is 5.91 Å². The van der Waals surface area contributed by atoms with Gasteiger partial charge >= 0.3 is 0 Å². The lowest BCUT2D eigenvalue weighted by atomic mass is 9.69. The van der Waals surface area contributed by atoms with Crippen molar-refractivity contribution in [2.75, 3.05) is 6.54 Å². The molecule has 1 saturated carbocycles. The second-order valence-corrected chi connectivity index (χ2v) is 6.94. The minimum Gasteiger partial charge on any atom is -0.355 e. The molecule has 1 aliphatic carbocycles. The standard InChI is InChI=1S/C19H26N4O/c1-16(12-23-15-20-14-22-23)18(24)21-13-19(10-6-3-7-11-19)17-8-4-2-5-9-17/h2,4-5,8-9,14-16H,3,6-7,10-13H2,1H3,(H,21,24). The van der Waals surface area contributed by atoms with E-state index < -0.39 is 0 Å². The van der Waals surface area contributed by atoms with Crippen LogP contribution < -0.4 is 5.32 Å². The summed E-state index contributed by atoms with van der Waals surface area (Å²) < 4.78 is 1.71. The van der Waals surface area contributed by atoms with Crippen molar-refractivity contribution in [3.8, 4) is 0 Å². The van der Waals surface area contributed by atoms with Gasteiger partial charge in [0.05, 0.1) is 12.5 Å². The summed E-state index contributed by atoms with van der Waals surface area (Å²) in [4.78, 5) is 16.4. The fraction of sp³-hybridized carbons (Fsp3) is 0.526. The van der Waals surface area contributed by atoms with E-state index in [1.165, 1.54) is 31.2 Å². The number of rotatable bonds is 6. The van der Waals surface area contributed by atoms with Gasteiger partial charge in [0.15, 0.2) is 0 Å². The molecule has 0 bridgehead atoms. The van der Waals surface area contributed by atoms with Gasteiger partial charge in [-0.05, 0) is 18.4 Å². The van der Waals surface area contributed by atoms with E-state index in [4.69, 9.17) is 0 Å². The van der Waals surface area contributed by atoms with Crippen LogP contribution >= 0.6 is 0 Å². The predicted molar refractivity (Wildman–Crippen MR) is 93.4 cm³/mol. The molecule has 5 heteroatoms. The van der Waals surface area contributed by atoms with Crippen molar-refractivity contribution in [1.29, 1.82) is 0 Å². The highest BCUT2D eigenvalue weighted by atomic mass is 16.1. The molecule has 1 amide bonds. The molecule has 1 aromatic heterocycles. The zero-order valence-electron chi connectivity index (χ0n) is 14.3. The van der Waals surface area contributed by atoms with Crippen molar-refractivity contribution in [2.45, 2.75) is 51.0 Å². The molecular weight excluding hydrogens is 300 g/mol. The highest BCUT2D eigenvalue weighted by molar-refractivity contribution is 5.78. The van der Waals surface area contributed by atoms with Crippen molar-refractivity contribution in [3.05, 3.63) is 48.5 Å². The van der Waals surface area contributed by atoms with Crippen LogP contribution in [0.3, 0.4) is 0 Å². The second kappa shape index (κ2) is 7.60. The fourth-order valence-electron chi connectivity index (χ4n) is 3.71. The largest absolute Gasteiger partial charge is 0.355 e. The van der Waals surface area contributed by atoms with Gasteiger partial charge < -0.3 is 5.32 Å². The third-order valence-corrected chi connectivity index (χ3v) is 5.17. The van der Waals surface area contributed by atoms with Gasteiger partial charge in [-0.2, -0.15) is 5.10 Å². The summed E-state index contributed by atoms with van der Waals surface area (Å²) in [5.74, 6) is -0.0329. The molecule has 1 aromatic carbocycles. The number of hydrogen-bond donors (Lipinski definition) is 1. The van der Waals surface area contributed by atoms with Crippen LogP contribution in [0.4, 0.5) is 0 Å². The van der Waals surface area contributed by atoms with Crippen molar-refractivity contribution >= 4 is 5.91 Å². The average Bonchev–Trinajstić information content (AvgIpc) is 3.14. The summed E-state index contributed by atoms with van der Waals surface area (Å²) in [5.41, 5.74) is 1.44. The molecule has 1 aliphatic rings. The van der Waals surface area contributed by atoms with E-state index in [1.54, 1.807) is 11.0 Å².